The number of alkyl carbamates (subject to hydrolysis) is 1. The molecule has 2 atom stereocenters. The second-order valence-electron chi connectivity index (χ2n) is 6.68. The largest absolute Gasteiger partial charge is 0.464 e. The second kappa shape index (κ2) is 11.5. The van der Waals surface area contributed by atoms with Crippen LogP contribution in [0.5, 0.6) is 0 Å². The summed E-state index contributed by atoms with van der Waals surface area (Å²) in [5.74, 6) is -1.82. The molecule has 0 radical (unpaired) electrons. The Bertz CT molecular complexity index is 863. The maximum atomic E-state index is 14.3. The van der Waals surface area contributed by atoms with Gasteiger partial charge in [0, 0.05) is 0 Å². The highest BCUT2D eigenvalue weighted by molar-refractivity contribution is 5.87. The van der Waals surface area contributed by atoms with Crippen LogP contribution in [-0.4, -0.2) is 48.2 Å². The number of benzene rings is 2. The Morgan fingerprint density at radius 1 is 0.938 bits per heavy atom. The molecule has 0 saturated carbocycles. The lowest BCUT2D eigenvalue weighted by atomic mass is 9.91. The number of aliphatic hydroxyl groups excluding tert-OH is 1. The highest BCUT2D eigenvalue weighted by Gasteiger charge is 2.68. The van der Waals surface area contributed by atoms with Crippen molar-refractivity contribution in [2.75, 3.05) is 13.2 Å². The van der Waals surface area contributed by atoms with Gasteiger partial charge in [0.25, 0.3) is 5.54 Å². The molecule has 1 amide bonds. The zero-order valence-electron chi connectivity index (χ0n) is 17.3. The fourth-order valence-corrected chi connectivity index (χ4v) is 2.88. The maximum absolute atomic E-state index is 14.3. The van der Waals surface area contributed by atoms with Gasteiger partial charge in [0.2, 0.25) is 0 Å². The summed E-state index contributed by atoms with van der Waals surface area (Å²) < 4.78 is 57.6. The lowest BCUT2D eigenvalue weighted by Crippen LogP contribution is -2.72. The first-order valence-corrected chi connectivity index (χ1v) is 9.73. The van der Waals surface area contributed by atoms with Crippen molar-refractivity contribution in [3.63, 3.8) is 0 Å². The number of alkyl halides is 3. The van der Waals surface area contributed by atoms with E-state index < -0.39 is 43.1 Å². The van der Waals surface area contributed by atoms with Gasteiger partial charge in [-0.3, -0.25) is 5.32 Å². The summed E-state index contributed by atoms with van der Waals surface area (Å²) in [6.07, 6.45) is -9.11. The van der Waals surface area contributed by atoms with Gasteiger partial charge in [-0.1, -0.05) is 60.7 Å². The smallest absolute Gasteiger partial charge is 0.425 e. The number of hydrogen-bond donors (Lipinski definition) is 2. The molecule has 2 N–H and O–H groups in total. The molecule has 0 unspecified atom stereocenters. The first-order valence-electron chi connectivity index (χ1n) is 9.73. The lowest BCUT2D eigenvalue weighted by Gasteiger charge is -2.38. The number of carbonyl (C=O) groups excluding carboxylic acids is 2. The van der Waals surface area contributed by atoms with Crippen LogP contribution < -0.4 is 5.32 Å². The predicted octanol–water partition coefficient (Wildman–Crippen LogP) is 3.35. The molecule has 0 saturated heterocycles. The molecule has 2 aromatic carbocycles. The molecule has 0 aliphatic carbocycles. The summed E-state index contributed by atoms with van der Waals surface area (Å²) in [6.45, 7) is -1.01. The monoisotopic (exact) mass is 455 g/mol. The number of rotatable bonds is 10. The van der Waals surface area contributed by atoms with Crippen molar-refractivity contribution in [2.24, 2.45) is 0 Å². The third-order valence-corrected chi connectivity index (χ3v) is 4.50. The second-order valence-corrected chi connectivity index (χ2v) is 6.68. The van der Waals surface area contributed by atoms with Gasteiger partial charge in [-0.25, -0.2) is 9.59 Å². The van der Waals surface area contributed by atoms with E-state index in [-0.39, 0.29) is 13.2 Å². The predicted molar refractivity (Wildman–Crippen MR) is 107 cm³/mol. The first-order chi connectivity index (χ1) is 15.2. The van der Waals surface area contributed by atoms with Gasteiger partial charge in [-0.15, -0.1) is 0 Å². The van der Waals surface area contributed by atoms with E-state index in [1.807, 2.05) is 0 Å². The highest BCUT2D eigenvalue weighted by atomic mass is 19.4. The minimum absolute atomic E-state index is 0.335. The molecule has 0 aliphatic rings. The Hall–Kier alpha value is -3.11. The molecular formula is C22H24F3NO6. The van der Waals surface area contributed by atoms with Crippen LogP contribution >= 0.6 is 0 Å². The highest BCUT2D eigenvalue weighted by Crippen LogP contribution is 2.36. The van der Waals surface area contributed by atoms with Gasteiger partial charge >= 0.3 is 18.2 Å². The van der Waals surface area contributed by atoms with E-state index >= 15 is 0 Å². The molecule has 7 nitrogen and oxygen atoms in total. The van der Waals surface area contributed by atoms with Crippen LogP contribution in [0, 0.1) is 0 Å². The van der Waals surface area contributed by atoms with Gasteiger partial charge in [-0.05, 0) is 18.1 Å². The Morgan fingerprint density at radius 3 is 1.94 bits per heavy atom. The molecule has 0 aromatic heterocycles. The third-order valence-electron chi connectivity index (χ3n) is 4.50. The Labute approximate surface area is 183 Å². The molecule has 0 heterocycles. The molecule has 10 heteroatoms. The summed E-state index contributed by atoms with van der Waals surface area (Å²) in [5, 5.41) is 11.3. The van der Waals surface area contributed by atoms with E-state index in [1.54, 1.807) is 66.0 Å². The molecule has 2 rings (SSSR count). The number of ether oxygens (including phenoxy) is 3. The minimum Gasteiger partial charge on any atom is -0.464 e. The Morgan fingerprint density at radius 2 is 1.47 bits per heavy atom. The summed E-state index contributed by atoms with van der Waals surface area (Å²) >= 11 is 0. The molecule has 0 spiro atoms. The first kappa shape index (κ1) is 25.2. The average Bonchev–Trinajstić information content (AvgIpc) is 2.78. The molecule has 32 heavy (non-hydrogen) atoms. The van der Waals surface area contributed by atoms with Crippen LogP contribution in [0.4, 0.5) is 18.0 Å². The van der Waals surface area contributed by atoms with Crippen LogP contribution in [0.1, 0.15) is 18.1 Å². The fourth-order valence-electron chi connectivity index (χ4n) is 2.88. The van der Waals surface area contributed by atoms with Crippen LogP contribution in [0.3, 0.4) is 0 Å². The van der Waals surface area contributed by atoms with Crippen molar-refractivity contribution < 1.29 is 42.1 Å². The van der Waals surface area contributed by atoms with E-state index in [2.05, 4.69) is 4.74 Å². The van der Waals surface area contributed by atoms with Crippen molar-refractivity contribution in [1.29, 1.82) is 0 Å². The Kier molecular flexibility index (Phi) is 9.03. The summed E-state index contributed by atoms with van der Waals surface area (Å²) in [4.78, 5) is 24.8. The van der Waals surface area contributed by atoms with Crippen LogP contribution in [0.15, 0.2) is 60.7 Å². The molecule has 0 aliphatic heterocycles. The van der Waals surface area contributed by atoms with Gasteiger partial charge < -0.3 is 19.3 Å². The zero-order chi connectivity index (χ0) is 23.6. The van der Waals surface area contributed by atoms with Crippen molar-refractivity contribution in [2.45, 2.75) is 38.0 Å². The number of carbonyl (C=O) groups is 2. The minimum atomic E-state index is -5.38. The lowest BCUT2D eigenvalue weighted by molar-refractivity contribution is -0.242. The van der Waals surface area contributed by atoms with Crippen molar-refractivity contribution >= 4 is 12.1 Å². The number of esters is 1. The average molecular weight is 455 g/mol. The molecule has 174 valence electrons. The fraction of sp³-hybridized carbons (Fsp3) is 0.364. The van der Waals surface area contributed by atoms with Gasteiger partial charge in [-0.2, -0.15) is 13.2 Å². The number of amides is 1. The topological polar surface area (TPSA) is 94.1 Å². The Balaban J connectivity index is 2.30. The molecule has 0 fully saturated rings. The number of halogens is 3. The third kappa shape index (κ3) is 6.21. The summed E-state index contributed by atoms with van der Waals surface area (Å²) in [7, 11) is 0. The maximum Gasteiger partial charge on any atom is 0.425 e. The van der Waals surface area contributed by atoms with E-state index in [0.29, 0.717) is 11.1 Å². The van der Waals surface area contributed by atoms with Crippen LogP contribution in [0.2, 0.25) is 0 Å². The number of hydrogen-bond acceptors (Lipinski definition) is 6. The standard InChI is InChI=1S/C22H24F3NO6/c1-2-30-19(28)21(22(23,24)25,18(13-27)31-14-16-9-5-3-6-10-16)26-20(29)32-15-17-11-7-4-8-12-17/h3-12,18,27H,2,13-15H2,1H3,(H,26,29)/t18-,21-/m1/s1. The summed E-state index contributed by atoms with van der Waals surface area (Å²) in [5.41, 5.74) is -2.67. The van der Waals surface area contributed by atoms with Crippen molar-refractivity contribution in [1.82, 2.24) is 5.32 Å². The van der Waals surface area contributed by atoms with Crippen LogP contribution in [-0.2, 0) is 32.2 Å². The molecule has 2 aromatic rings. The quantitative estimate of drug-likeness (QED) is 0.534. The van der Waals surface area contributed by atoms with E-state index in [4.69, 9.17) is 9.47 Å². The normalized spacial score (nSPS) is 14.2. The van der Waals surface area contributed by atoms with Crippen molar-refractivity contribution in [3.8, 4) is 0 Å². The van der Waals surface area contributed by atoms with Gasteiger partial charge in [0.15, 0.2) is 0 Å². The molecule has 0 bridgehead atoms. The molecular weight excluding hydrogens is 431 g/mol. The summed E-state index contributed by atoms with van der Waals surface area (Å²) in [6, 6.07) is 16.4. The van der Waals surface area contributed by atoms with Crippen LogP contribution in [0.25, 0.3) is 0 Å². The zero-order valence-corrected chi connectivity index (χ0v) is 17.3. The van der Waals surface area contributed by atoms with E-state index in [9.17, 15) is 27.9 Å². The van der Waals surface area contributed by atoms with Crippen molar-refractivity contribution in [3.05, 3.63) is 71.8 Å². The number of aliphatic hydroxyl groups is 1. The SMILES string of the molecule is CCOC(=O)[C@](NC(=O)OCc1ccccc1)([C@@H](CO)OCc1ccccc1)C(F)(F)F. The number of nitrogens with one attached hydrogen (secondary N) is 1. The van der Waals surface area contributed by atoms with Gasteiger partial charge in [0.05, 0.1) is 19.8 Å². The van der Waals surface area contributed by atoms with E-state index in [0.717, 1.165) is 0 Å². The van der Waals surface area contributed by atoms with E-state index in [1.165, 1.54) is 6.92 Å². The van der Waals surface area contributed by atoms with Gasteiger partial charge in [0.1, 0.15) is 12.7 Å².